The van der Waals surface area contributed by atoms with Crippen molar-refractivity contribution in [3.63, 3.8) is 0 Å². The van der Waals surface area contributed by atoms with Gasteiger partial charge in [0.15, 0.2) is 0 Å². The molecule has 0 aliphatic heterocycles. The summed E-state index contributed by atoms with van der Waals surface area (Å²) in [6.45, 7) is 12.9. The van der Waals surface area contributed by atoms with Gasteiger partial charge in [-0.15, -0.1) is 0 Å². The number of carbonyl (C=O) groups is 1. The standard InChI is InChI=1S/C13H24NO/c1-9-7-12(3,4)8-13(5,6)11(9)14-10(2)15/h11H,7-8H2,1-6H3,(H,14,15)/q-1. The molecule has 1 fully saturated rings. The molecule has 88 valence electrons. The molecule has 1 N–H and O–H groups in total. The summed E-state index contributed by atoms with van der Waals surface area (Å²) >= 11 is 0. The van der Waals surface area contributed by atoms with Crippen LogP contribution >= 0.6 is 0 Å². The third-order valence-electron chi connectivity index (χ3n) is 3.31. The van der Waals surface area contributed by atoms with Crippen LogP contribution in [-0.4, -0.2) is 11.9 Å². The zero-order valence-corrected chi connectivity index (χ0v) is 10.9. The minimum Gasteiger partial charge on any atom is -0.383 e. The number of rotatable bonds is 1. The van der Waals surface area contributed by atoms with Crippen LogP contribution in [0.15, 0.2) is 0 Å². The highest BCUT2D eigenvalue weighted by Gasteiger charge is 2.37. The molecule has 1 unspecified atom stereocenters. The average Bonchev–Trinajstić information content (AvgIpc) is 1.93. The first-order valence-electron chi connectivity index (χ1n) is 5.73. The fourth-order valence-corrected chi connectivity index (χ4v) is 3.44. The van der Waals surface area contributed by atoms with Gasteiger partial charge < -0.3 is 5.32 Å². The third kappa shape index (κ3) is 2.96. The van der Waals surface area contributed by atoms with E-state index in [1.807, 2.05) is 0 Å². The SMILES string of the molecule is CC(=O)NC1[C-](C)CC(C)(C)CC1(C)C. The van der Waals surface area contributed by atoms with Crippen molar-refractivity contribution < 1.29 is 4.79 Å². The Morgan fingerprint density at radius 1 is 1.33 bits per heavy atom. The maximum absolute atomic E-state index is 11.2. The fourth-order valence-electron chi connectivity index (χ4n) is 3.44. The first kappa shape index (κ1) is 12.5. The zero-order chi connectivity index (χ0) is 11.9. The quantitative estimate of drug-likeness (QED) is 0.662. The highest BCUT2D eigenvalue weighted by atomic mass is 16.1. The largest absolute Gasteiger partial charge is 0.383 e. The van der Waals surface area contributed by atoms with Gasteiger partial charge in [-0.1, -0.05) is 39.2 Å². The summed E-state index contributed by atoms with van der Waals surface area (Å²) in [6.07, 6.45) is 2.27. The van der Waals surface area contributed by atoms with Gasteiger partial charge in [0.25, 0.3) is 0 Å². The molecule has 0 aromatic heterocycles. The van der Waals surface area contributed by atoms with Gasteiger partial charge in [-0.05, 0) is 11.8 Å². The van der Waals surface area contributed by atoms with E-state index in [0.717, 1.165) is 12.8 Å². The van der Waals surface area contributed by atoms with E-state index in [9.17, 15) is 4.79 Å². The van der Waals surface area contributed by atoms with E-state index in [-0.39, 0.29) is 17.4 Å². The van der Waals surface area contributed by atoms with Crippen LogP contribution in [0.25, 0.3) is 0 Å². The van der Waals surface area contributed by atoms with Crippen LogP contribution < -0.4 is 5.32 Å². The monoisotopic (exact) mass is 210 g/mol. The molecular weight excluding hydrogens is 186 g/mol. The molecule has 0 aromatic carbocycles. The Kier molecular flexibility index (Phi) is 3.18. The molecule has 0 saturated heterocycles. The fraction of sp³-hybridized carbons (Fsp3) is 0.846. The molecular formula is C13H24NO-. The van der Waals surface area contributed by atoms with Crippen LogP contribution in [0, 0.1) is 16.7 Å². The maximum Gasteiger partial charge on any atom is 0.214 e. The summed E-state index contributed by atoms with van der Waals surface area (Å²) < 4.78 is 0. The van der Waals surface area contributed by atoms with Crippen molar-refractivity contribution in [3.05, 3.63) is 5.92 Å². The van der Waals surface area contributed by atoms with E-state index in [4.69, 9.17) is 0 Å². The third-order valence-corrected chi connectivity index (χ3v) is 3.31. The minimum atomic E-state index is 0.0760. The van der Waals surface area contributed by atoms with E-state index in [1.165, 1.54) is 5.92 Å². The summed E-state index contributed by atoms with van der Waals surface area (Å²) in [7, 11) is 0. The van der Waals surface area contributed by atoms with Crippen molar-refractivity contribution >= 4 is 5.91 Å². The molecule has 1 amide bonds. The number of nitrogens with one attached hydrogen (secondary N) is 1. The van der Waals surface area contributed by atoms with Crippen LogP contribution in [0.3, 0.4) is 0 Å². The number of carbonyl (C=O) groups excluding carboxylic acids is 1. The van der Waals surface area contributed by atoms with Gasteiger partial charge >= 0.3 is 0 Å². The lowest BCUT2D eigenvalue weighted by Crippen LogP contribution is -2.53. The van der Waals surface area contributed by atoms with Crippen LogP contribution in [0.1, 0.15) is 54.4 Å². The van der Waals surface area contributed by atoms with Crippen molar-refractivity contribution in [3.8, 4) is 0 Å². The Balaban J connectivity index is 2.84. The van der Waals surface area contributed by atoms with Gasteiger partial charge in [0, 0.05) is 6.92 Å². The number of hydrogen-bond donors (Lipinski definition) is 1. The summed E-state index contributed by atoms with van der Waals surface area (Å²) in [5, 5.41) is 3.08. The first-order chi connectivity index (χ1) is 6.64. The number of hydrogen-bond acceptors (Lipinski definition) is 1. The topological polar surface area (TPSA) is 29.1 Å². The minimum absolute atomic E-state index is 0.0760. The van der Waals surface area contributed by atoms with Gasteiger partial charge in [0.05, 0.1) is 0 Å². The Bertz CT molecular complexity index is 255. The first-order valence-corrected chi connectivity index (χ1v) is 5.73. The Morgan fingerprint density at radius 3 is 2.27 bits per heavy atom. The van der Waals surface area contributed by atoms with Crippen LogP contribution in [0.4, 0.5) is 0 Å². The van der Waals surface area contributed by atoms with Crippen molar-refractivity contribution in [2.75, 3.05) is 0 Å². The highest BCUT2D eigenvalue weighted by molar-refractivity contribution is 5.73. The van der Waals surface area contributed by atoms with Crippen molar-refractivity contribution in [2.45, 2.75) is 60.4 Å². The lowest BCUT2D eigenvalue weighted by molar-refractivity contribution is -0.121. The normalized spacial score (nSPS) is 29.9. The van der Waals surface area contributed by atoms with Gasteiger partial charge in [-0.2, -0.15) is 13.3 Å². The second kappa shape index (κ2) is 3.80. The van der Waals surface area contributed by atoms with Crippen LogP contribution in [-0.2, 0) is 4.79 Å². The van der Waals surface area contributed by atoms with E-state index in [1.54, 1.807) is 6.92 Å². The summed E-state index contributed by atoms with van der Waals surface area (Å²) in [5.74, 6) is 1.48. The Morgan fingerprint density at radius 2 is 1.87 bits per heavy atom. The summed E-state index contributed by atoms with van der Waals surface area (Å²) in [6, 6.07) is 0.239. The predicted molar refractivity (Wildman–Crippen MR) is 63.3 cm³/mol. The van der Waals surface area contributed by atoms with E-state index in [0.29, 0.717) is 5.41 Å². The number of amides is 1. The Labute approximate surface area is 93.8 Å². The molecule has 15 heavy (non-hydrogen) atoms. The second-order valence-electron chi connectivity index (χ2n) is 6.49. The van der Waals surface area contributed by atoms with Gasteiger partial charge in [0.1, 0.15) is 0 Å². The molecule has 1 atom stereocenters. The lowest BCUT2D eigenvalue weighted by atomic mass is 9.59. The van der Waals surface area contributed by atoms with Crippen LogP contribution in [0.5, 0.6) is 0 Å². The molecule has 1 rings (SSSR count). The molecule has 0 radical (unpaired) electrons. The maximum atomic E-state index is 11.2. The average molecular weight is 210 g/mol. The summed E-state index contributed by atoms with van der Waals surface area (Å²) in [5.41, 5.74) is 0.528. The lowest BCUT2D eigenvalue weighted by Gasteiger charge is -2.58. The Hall–Kier alpha value is -0.530. The molecule has 0 spiro atoms. The molecule has 1 aliphatic rings. The van der Waals surface area contributed by atoms with Gasteiger partial charge in [-0.25, -0.2) is 0 Å². The molecule has 0 bridgehead atoms. The van der Waals surface area contributed by atoms with Crippen LogP contribution in [0.2, 0.25) is 0 Å². The molecule has 1 aliphatic carbocycles. The highest BCUT2D eigenvalue weighted by Crippen LogP contribution is 2.49. The van der Waals surface area contributed by atoms with Crippen molar-refractivity contribution in [1.82, 2.24) is 5.32 Å². The van der Waals surface area contributed by atoms with E-state index >= 15 is 0 Å². The van der Waals surface area contributed by atoms with E-state index < -0.39 is 0 Å². The van der Waals surface area contributed by atoms with E-state index in [2.05, 4.69) is 39.9 Å². The predicted octanol–water partition coefficient (Wildman–Crippen LogP) is 2.93. The van der Waals surface area contributed by atoms with Crippen molar-refractivity contribution in [2.24, 2.45) is 10.8 Å². The zero-order valence-electron chi connectivity index (χ0n) is 10.9. The van der Waals surface area contributed by atoms with Gasteiger partial charge in [-0.3, -0.25) is 10.7 Å². The molecule has 2 nitrogen and oxygen atoms in total. The van der Waals surface area contributed by atoms with Crippen molar-refractivity contribution in [1.29, 1.82) is 0 Å². The smallest absolute Gasteiger partial charge is 0.214 e. The van der Waals surface area contributed by atoms with Gasteiger partial charge in [0.2, 0.25) is 5.91 Å². The molecule has 1 saturated carbocycles. The summed E-state index contributed by atoms with van der Waals surface area (Å²) in [4.78, 5) is 11.2. The molecule has 0 heterocycles. The second-order valence-corrected chi connectivity index (χ2v) is 6.49. The molecule has 2 heteroatoms. The molecule has 0 aromatic rings.